The van der Waals surface area contributed by atoms with Crippen LogP contribution in [0.2, 0.25) is 5.02 Å². The molecule has 1 aliphatic heterocycles. The largest absolute Gasteiger partial charge is 0.381 e. The quantitative estimate of drug-likeness (QED) is 0.895. The smallest absolute Gasteiger partial charge is 0.142 e. The maximum Gasteiger partial charge on any atom is 0.142 e. The first-order valence-corrected chi connectivity index (χ1v) is 6.19. The Morgan fingerprint density at radius 1 is 1.53 bits per heavy atom. The predicted octanol–water partition coefficient (Wildman–Crippen LogP) is 2.65. The lowest BCUT2D eigenvalue weighted by Crippen LogP contribution is -2.35. The number of ether oxygens (including phenoxy) is 1. The third-order valence-corrected chi connectivity index (χ3v) is 3.61. The summed E-state index contributed by atoms with van der Waals surface area (Å²) in [5, 5.41) is 3.38. The van der Waals surface area contributed by atoms with E-state index in [0.29, 0.717) is 0 Å². The minimum Gasteiger partial charge on any atom is -0.381 e. The van der Waals surface area contributed by atoms with Gasteiger partial charge in [0.25, 0.3) is 0 Å². The summed E-state index contributed by atoms with van der Waals surface area (Å²) in [4.78, 5) is 0. The van der Waals surface area contributed by atoms with Crippen LogP contribution in [-0.2, 0) is 11.2 Å². The van der Waals surface area contributed by atoms with Crippen molar-refractivity contribution in [2.45, 2.75) is 12.8 Å². The zero-order valence-electron chi connectivity index (χ0n) is 9.93. The van der Waals surface area contributed by atoms with Crippen molar-refractivity contribution >= 4 is 11.6 Å². The fraction of sp³-hybridized carbons (Fsp3) is 0.538. The van der Waals surface area contributed by atoms with E-state index in [2.05, 4.69) is 5.32 Å². The normalized spacial score (nSPS) is 24.2. The number of hydrogen-bond donors (Lipinski definition) is 1. The number of hydrogen-bond acceptors (Lipinski definition) is 2. The van der Waals surface area contributed by atoms with Gasteiger partial charge in [0.15, 0.2) is 0 Å². The first-order chi connectivity index (χ1) is 8.15. The number of benzene rings is 1. The first-order valence-electron chi connectivity index (χ1n) is 5.81. The van der Waals surface area contributed by atoms with Crippen LogP contribution < -0.4 is 5.32 Å². The highest BCUT2D eigenvalue weighted by atomic mass is 35.5. The Bertz CT molecular complexity index is 391. The van der Waals surface area contributed by atoms with Gasteiger partial charge in [-0.05, 0) is 37.6 Å². The van der Waals surface area contributed by atoms with E-state index in [9.17, 15) is 4.39 Å². The van der Waals surface area contributed by atoms with Crippen LogP contribution in [0, 0.1) is 11.2 Å². The van der Waals surface area contributed by atoms with E-state index in [1.54, 1.807) is 6.07 Å². The Hall–Kier alpha value is -0.640. The lowest BCUT2D eigenvalue weighted by molar-refractivity contribution is 0.150. The van der Waals surface area contributed by atoms with E-state index < -0.39 is 0 Å². The molecule has 17 heavy (non-hydrogen) atoms. The van der Waals surface area contributed by atoms with Crippen molar-refractivity contribution in [3.63, 3.8) is 0 Å². The molecule has 0 aliphatic carbocycles. The van der Waals surface area contributed by atoms with Crippen LogP contribution in [0.25, 0.3) is 0 Å². The van der Waals surface area contributed by atoms with E-state index in [0.717, 1.165) is 38.2 Å². The van der Waals surface area contributed by atoms with Gasteiger partial charge in [-0.3, -0.25) is 0 Å². The topological polar surface area (TPSA) is 21.3 Å². The minimum atomic E-state index is -0.345. The fourth-order valence-corrected chi connectivity index (χ4v) is 2.57. The molecule has 1 unspecified atom stereocenters. The molecule has 0 amide bonds. The fourth-order valence-electron chi connectivity index (χ4n) is 2.45. The maximum atomic E-state index is 13.4. The molecule has 1 aromatic carbocycles. The molecule has 1 aromatic rings. The number of halogens is 2. The average Bonchev–Trinajstić information content (AvgIpc) is 2.73. The van der Waals surface area contributed by atoms with Crippen molar-refractivity contribution in [2.24, 2.45) is 5.41 Å². The summed E-state index contributed by atoms with van der Waals surface area (Å²) in [7, 11) is 1.93. The van der Waals surface area contributed by atoms with Gasteiger partial charge in [-0.15, -0.1) is 0 Å². The third-order valence-electron chi connectivity index (χ3n) is 3.30. The van der Waals surface area contributed by atoms with Crippen LogP contribution in [0.4, 0.5) is 4.39 Å². The Morgan fingerprint density at radius 3 is 2.94 bits per heavy atom. The predicted molar refractivity (Wildman–Crippen MR) is 66.9 cm³/mol. The van der Waals surface area contributed by atoms with E-state index in [-0.39, 0.29) is 16.3 Å². The molecule has 4 heteroatoms. The Kier molecular flexibility index (Phi) is 4.02. The molecule has 0 aromatic heterocycles. The third kappa shape index (κ3) is 2.97. The second kappa shape index (κ2) is 5.34. The van der Waals surface area contributed by atoms with Crippen molar-refractivity contribution in [1.29, 1.82) is 0 Å². The molecule has 94 valence electrons. The van der Waals surface area contributed by atoms with E-state index in [1.165, 1.54) is 6.07 Å². The van der Waals surface area contributed by atoms with Crippen LogP contribution in [0.3, 0.4) is 0 Å². The zero-order valence-corrected chi connectivity index (χ0v) is 10.7. The van der Waals surface area contributed by atoms with Gasteiger partial charge in [0.2, 0.25) is 0 Å². The molecule has 1 saturated heterocycles. The maximum absolute atomic E-state index is 13.4. The van der Waals surface area contributed by atoms with Crippen LogP contribution in [-0.4, -0.2) is 26.8 Å². The SMILES string of the molecule is CNCC1(Cc2ccc(Cl)c(F)c2)CCOC1. The van der Waals surface area contributed by atoms with E-state index in [4.69, 9.17) is 16.3 Å². The highest BCUT2D eigenvalue weighted by Gasteiger charge is 2.34. The van der Waals surface area contributed by atoms with Gasteiger partial charge in [-0.1, -0.05) is 17.7 Å². The van der Waals surface area contributed by atoms with Gasteiger partial charge in [-0.2, -0.15) is 0 Å². The van der Waals surface area contributed by atoms with E-state index >= 15 is 0 Å². The summed E-state index contributed by atoms with van der Waals surface area (Å²) in [6, 6.07) is 5.04. The molecule has 0 saturated carbocycles. The molecular weight excluding hydrogens is 241 g/mol. The van der Waals surface area contributed by atoms with Gasteiger partial charge in [-0.25, -0.2) is 4.39 Å². The summed E-state index contributed by atoms with van der Waals surface area (Å²) in [6.45, 7) is 2.41. The number of rotatable bonds is 4. The molecule has 0 radical (unpaired) electrons. The summed E-state index contributed by atoms with van der Waals surface area (Å²) >= 11 is 5.68. The standard InChI is InChI=1S/C13H17ClFNO/c1-16-8-13(4-5-17-9-13)7-10-2-3-11(14)12(15)6-10/h2-3,6,16H,4-5,7-9H2,1H3. The molecule has 1 heterocycles. The van der Waals surface area contributed by atoms with Gasteiger partial charge in [0.1, 0.15) is 5.82 Å². The summed E-state index contributed by atoms with van der Waals surface area (Å²) in [6.07, 6.45) is 1.83. The van der Waals surface area contributed by atoms with Crippen LogP contribution in [0.1, 0.15) is 12.0 Å². The summed E-state index contributed by atoms with van der Waals surface area (Å²) in [5.41, 5.74) is 1.07. The van der Waals surface area contributed by atoms with Gasteiger partial charge >= 0.3 is 0 Å². The van der Waals surface area contributed by atoms with Gasteiger partial charge < -0.3 is 10.1 Å². The molecular formula is C13H17ClFNO. The molecule has 2 nitrogen and oxygen atoms in total. The highest BCUT2D eigenvalue weighted by molar-refractivity contribution is 6.30. The first kappa shape index (κ1) is 12.8. The Morgan fingerprint density at radius 2 is 2.35 bits per heavy atom. The monoisotopic (exact) mass is 257 g/mol. The summed E-state index contributed by atoms with van der Waals surface area (Å²) < 4.78 is 18.9. The average molecular weight is 258 g/mol. The molecule has 2 rings (SSSR count). The van der Waals surface area contributed by atoms with Crippen molar-refractivity contribution in [3.05, 3.63) is 34.6 Å². The van der Waals surface area contributed by atoms with Crippen molar-refractivity contribution in [3.8, 4) is 0 Å². The Labute approximate surface area is 106 Å². The Balaban J connectivity index is 2.14. The second-order valence-corrected chi connectivity index (χ2v) is 5.17. The lowest BCUT2D eigenvalue weighted by atomic mass is 9.81. The summed E-state index contributed by atoms with van der Waals surface area (Å²) in [5.74, 6) is -0.345. The van der Waals surface area contributed by atoms with Crippen LogP contribution >= 0.6 is 11.6 Å². The van der Waals surface area contributed by atoms with Crippen LogP contribution in [0.15, 0.2) is 18.2 Å². The number of nitrogens with one attached hydrogen (secondary N) is 1. The van der Waals surface area contributed by atoms with Gasteiger partial charge in [0, 0.05) is 18.6 Å². The van der Waals surface area contributed by atoms with Crippen molar-refractivity contribution < 1.29 is 9.13 Å². The molecule has 0 spiro atoms. The molecule has 1 atom stereocenters. The minimum absolute atomic E-state index is 0.0923. The molecule has 1 N–H and O–H groups in total. The molecule has 0 bridgehead atoms. The van der Waals surface area contributed by atoms with Gasteiger partial charge in [0.05, 0.1) is 11.6 Å². The lowest BCUT2D eigenvalue weighted by Gasteiger charge is -2.27. The van der Waals surface area contributed by atoms with Crippen molar-refractivity contribution in [2.75, 3.05) is 26.8 Å². The molecule has 1 fully saturated rings. The van der Waals surface area contributed by atoms with Crippen molar-refractivity contribution in [1.82, 2.24) is 5.32 Å². The van der Waals surface area contributed by atoms with Crippen LogP contribution in [0.5, 0.6) is 0 Å². The molecule has 1 aliphatic rings. The highest BCUT2D eigenvalue weighted by Crippen LogP contribution is 2.32. The zero-order chi connectivity index (χ0) is 12.3. The second-order valence-electron chi connectivity index (χ2n) is 4.76. The van der Waals surface area contributed by atoms with E-state index in [1.807, 2.05) is 13.1 Å².